The molecule has 2 rings (SSSR count). The third-order valence-corrected chi connectivity index (χ3v) is 2.89. The van der Waals surface area contributed by atoms with Crippen molar-refractivity contribution in [2.24, 2.45) is 0 Å². The molecule has 0 saturated heterocycles. The monoisotopic (exact) mass is 267 g/mol. The highest BCUT2D eigenvalue weighted by atomic mass is 16.5. The molecule has 0 aliphatic carbocycles. The molecule has 0 aliphatic heterocycles. The van der Waals surface area contributed by atoms with Crippen molar-refractivity contribution in [2.75, 3.05) is 12.4 Å². The fourth-order valence-electron chi connectivity index (χ4n) is 1.84. The lowest BCUT2D eigenvalue weighted by molar-refractivity contribution is 0.104. The average Bonchev–Trinajstić information content (AvgIpc) is 2.48. The van der Waals surface area contributed by atoms with Gasteiger partial charge in [0.15, 0.2) is 5.78 Å². The first-order chi connectivity index (χ1) is 9.70. The fourth-order valence-corrected chi connectivity index (χ4v) is 1.84. The van der Waals surface area contributed by atoms with Crippen LogP contribution in [0.25, 0.3) is 0 Å². The van der Waals surface area contributed by atoms with Crippen LogP contribution >= 0.6 is 0 Å². The highest BCUT2D eigenvalue weighted by Gasteiger charge is 2.02. The Hall–Kier alpha value is -2.55. The van der Waals surface area contributed by atoms with Crippen molar-refractivity contribution in [3.8, 4) is 5.75 Å². The predicted molar refractivity (Wildman–Crippen MR) is 81.3 cm³/mol. The molecule has 2 aromatic rings. The van der Waals surface area contributed by atoms with Crippen LogP contribution in [0, 0.1) is 6.92 Å². The Bertz CT molecular complexity index is 618. The number of aryl methyl sites for hydroxylation is 1. The topological polar surface area (TPSA) is 38.3 Å². The van der Waals surface area contributed by atoms with Crippen LogP contribution in [0.1, 0.15) is 15.9 Å². The summed E-state index contributed by atoms with van der Waals surface area (Å²) in [6.07, 6.45) is 3.14. The first-order valence-corrected chi connectivity index (χ1v) is 6.38. The first kappa shape index (κ1) is 13.9. The molecule has 0 radical (unpaired) electrons. The average molecular weight is 267 g/mol. The number of ether oxygens (including phenoxy) is 1. The first-order valence-electron chi connectivity index (χ1n) is 6.38. The standard InChI is InChI=1S/C17H17NO2/c1-13-8-9-17(20-2)15(12-13)18-11-10-16(19)14-6-4-3-5-7-14/h3-12,18H,1-2H3/b11-10+. The van der Waals surface area contributed by atoms with Gasteiger partial charge in [-0.3, -0.25) is 4.79 Å². The number of anilines is 1. The number of benzene rings is 2. The molecule has 0 atom stereocenters. The number of rotatable bonds is 5. The minimum atomic E-state index is -0.0373. The molecule has 2 aromatic carbocycles. The summed E-state index contributed by atoms with van der Waals surface area (Å²) in [6, 6.07) is 15.0. The Labute approximate surface area is 118 Å². The van der Waals surface area contributed by atoms with E-state index in [9.17, 15) is 4.79 Å². The zero-order valence-electron chi connectivity index (χ0n) is 11.6. The van der Waals surface area contributed by atoms with Crippen molar-refractivity contribution >= 4 is 11.5 Å². The zero-order valence-corrected chi connectivity index (χ0v) is 11.6. The van der Waals surface area contributed by atoms with Gasteiger partial charge in [-0.05, 0) is 24.6 Å². The maximum Gasteiger partial charge on any atom is 0.187 e. The number of ketones is 1. The quantitative estimate of drug-likeness (QED) is 0.661. The van der Waals surface area contributed by atoms with Gasteiger partial charge in [0.05, 0.1) is 12.8 Å². The number of nitrogens with one attached hydrogen (secondary N) is 1. The van der Waals surface area contributed by atoms with Gasteiger partial charge in [0.25, 0.3) is 0 Å². The summed E-state index contributed by atoms with van der Waals surface area (Å²) < 4.78 is 5.26. The van der Waals surface area contributed by atoms with E-state index in [0.29, 0.717) is 5.56 Å². The van der Waals surface area contributed by atoms with Gasteiger partial charge in [-0.25, -0.2) is 0 Å². The van der Waals surface area contributed by atoms with E-state index in [0.717, 1.165) is 17.0 Å². The van der Waals surface area contributed by atoms with Crippen LogP contribution in [0.5, 0.6) is 5.75 Å². The van der Waals surface area contributed by atoms with E-state index in [-0.39, 0.29) is 5.78 Å². The molecule has 0 heterocycles. The van der Waals surface area contributed by atoms with E-state index in [1.807, 2.05) is 43.3 Å². The molecule has 0 unspecified atom stereocenters. The van der Waals surface area contributed by atoms with Gasteiger partial charge in [-0.2, -0.15) is 0 Å². The molecule has 0 aromatic heterocycles. The van der Waals surface area contributed by atoms with Crippen LogP contribution in [0.3, 0.4) is 0 Å². The Morgan fingerprint density at radius 1 is 1.15 bits per heavy atom. The van der Waals surface area contributed by atoms with E-state index >= 15 is 0 Å². The van der Waals surface area contributed by atoms with E-state index < -0.39 is 0 Å². The molecule has 0 saturated carbocycles. The van der Waals surface area contributed by atoms with Gasteiger partial charge in [0, 0.05) is 17.8 Å². The molecule has 0 spiro atoms. The Kier molecular flexibility index (Phi) is 4.56. The molecule has 3 heteroatoms. The molecule has 102 valence electrons. The molecular formula is C17H17NO2. The maximum atomic E-state index is 11.9. The summed E-state index contributed by atoms with van der Waals surface area (Å²) >= 11 is 0. The summed E-state index contributed by atoms with van der Waals surface area (Å²) in [6.45, 7) is 2.00. The fraction of sp³-hybridized carbons (Fsp3) is 0.118. The van der Waals surface area contributed by atoms with Crippen molar-refractivity contribution in [1.29, 1.82) is 0 Å². The van der Waals surface area contributed by atoms with Gasteiger partial charge in [-0.1, -0.05) is 36.4 Å². The molecule has 0 aliphatic rings. The molecule has 0 fully saturated rings. The number of carbonyl (C=O) groups is 1. The third-order valence-electron chi connectivity index (χ3n) is 2.89. The highest BCUT2D eigenvalue weighted by Crippen LogP contribution is 2.25. The largest absolute Gasteiger partial charge is 0.495 e. The normalized spacial score (nSPS) is 10.5. The molecule has 1 N–H and O–H groups in total. The van der Waals surface area contributed by atoms with Crippen LogP contribution in [0.15, 0.2) is 60.8 Å². The van der Waals surface area contributed by atoms with E-state index in [1.54, 1.807) is 25.4 Å². The zero-order chi connectivity index (χ0) is 14.4. The lowest BCUT2D eigenvalue weighted by atomic mass is 10.1. The number of carbonyl (C=O) groups excluding carboxylic acids is 1. The molecule has 3 nitrogen and oxygen atoms in total. The van der Waals surface area contributed by atoms with Crippen LogP contribution in [-0.2, 0) is 0 Å². The summed E-state index contributed by atoms with van der Waals surface area (Å²) in [7, 11) is 1.62. The Balaban J connectivity index is 2.07. The van der Waals surface area contributed by atoms with Gasteiger partial charge < -0.3 is 10.1 Å². The summed E-state index contributed by atoms with van der Waals surface area (Å²) in [5.41, 5.74) is 2.63. The van der Waals surface area contributed by atoms with E-state index in [1.165, 1.54) is 6.08 Å². The summed E-state index contributed by atoms with van der Waals surface area (Å²) in [5, 5.41) is 3.08. The number of hydrogen-bond acceptors (Lipinski definition) is 3. The number of allylic oxidation sites excluding steroid dienone is 1. The van der Waals surface area contributed by atoms with Gasteiger partial charge in [0.2, 0.25) is 0 Å². The highest BCUT2D eigenvalue weighted by molar-refractivity contribution is 6.04. The minimum Gasteiger partial charge on any atom is -0.495 e. The van der Waals surface area contributed by atoms with Crippen LogP contribution in [0.4, 0.5) is 5.69 Å². The van der Waals surface area contributed by atoms with Crippen LogP contribution < -0.4 is 10.1 Å². The van der Waals surface area contributed by atoms with E-state index in [2.05, 4.69) is 5.32 Å². The Morgan fingerprint density at radius 2 is 1.90 bits per heavy atom. The predicted octanol–water partition coefficient (Wildman–Crippen LogP) is 3.81. The van der Waals surface area contributed by atoms with E-state index in [4.69, 9.17) is 4.74 Å². The number of methoxy groups -OCH3 is 1. The molecule has 0 amide bonds. The third kappa shape index (κ3) is 3.48. The minimum absolute atomic E-state index is 0.0373. The second kappa shape index (κ2) is 6.57. The smallest absolute Gasteiger partial charge is 0.187 e. The maximum absolute atomic E-state index is 11.9. The van der Waals surface area contributed by atoms with Gasteiger partial charge in [-0.15, -0.1) is 0 Å². The molecule has 20 heavy (non-hydrogen) atoms. The second-order valence-corrected chi connectivity index (χ2v) is 4.41. The molecular weight excluding hydrogens is 250 g/mol. The van der Waals surface area contributed by atoms with Crippen molar-refractivity contribution in [1.82, 2.24) is 0 Å². The SMILES string of the molecule is COc1ccc(C)cc1N/C=C/C(=O)c1ccccc1. The molecule has 0 bridgehead atoms. The summed E-state index contributed by atoms with van der Waals surface area (Å²) in [5.74, 6) is 0.706. The lowest BCUT2D eigenvalue weighted by Gasteiger charge is -2.08. The van der Waals surface area contributed by atoms with Crippen LogP contribution in [0.2, 0.25) is 0 Å². The lowest BCUT2D eigenvalue weighted by Crippen LogP contribution is -1.97. The Morgan fingerprint density at radius 3 is 2.60 bits per heavy atom. The van der Waals surface area contributed by atoms with Crippen molar-refractivity contribution in [3.63, 3.8) is 0 Å². The van der Waals surface area contributed by atoms with Crippen molar-refractivity contribution < 1.29 is 9.53 Å². The summed E-state index contributed by atoms with van der Waals surface area (Å²) in [4.78, 5) is 11.9. The van der Waals surface area contributed by atoms with Gasteiger partial charge in [0.1, 0.15) is 5.75 Å². The van der Waals surface area contributed by atoms with Crippen LogP contribution in [-0.4, -0.2) is 12.9 Å². The second-order valence-electron chi connectivity index (χ2n) is 4.41. The number of hydrogen-bond donors (Lipinski definition) is 1. The van der Waals surface area contributed by atoms with Crippen molar-refractivity contribution in [2.45, 2.75) is 6.92 Å². The van der Waals surface area contributed by atoms with Gasteiger partial charge >= 0.3 is 0 Å². The van der Waals surface area contributed by atoms with Crippen molar-refractivity contribution in [3.05, 3.63) is 71.9 Å².